The molecule has 0 N–H and O–H groups in total. The monoisotopic (exact) mass is 286 g/mol. The van der Waals surface area contributed by atoms with Gasteiger partial charge in [-0.2, -0.15) is 0 Å². The van der Waals surface area contributed by atoms with Crippen LogP contribution in [0.4, 0.5) is 0 Å². The number of benzene rings is 1. The first-order valence-corrected chi connectivity index (χ1v) is 7.07. The van der Waals surface area contributed by atoms with Crippen molar-refractivity contribution in [2.75, 3.05) is 7.05 Å². The third-order valence-corrected chi connectivity index (χ3v) is 3.40. The van der Waals surface area contributed by atoms with Crippen molar-refractivity contribution < 1.29 is 9.32 Å². The fourth-order valence-electron chi connectivity index (χ4n) is 2.26. The number of aromatic nitrogens is 1. The SMILES string of the molecule is Cc1onc(C(C)(C)C)c1C(=O)N(C)Cc1ccccc1. The minimum absolute atomic E-state index is 0.0532. The Morgan fingerprint density at radius 2 is 1.86 bits per heavy atom. The number of hydrogen-bond acceptors (Lipinski definition) is 3. The molecule has 1 aromatic heterocycles. The third-order valence-electron chi connectivity index (χ3n) is 3.40. The highest BCUT2D eigenvalue weighted by molar-refractivity contribution is 5.96. The second-order valence-corrected chi connectivity index (χ2v) is 6.36. The lowest BCUT2D eigenvalue weighted by atomic mass is 9.88. The molecule has 2 aromatic rings. The Bertz CT molecular complexity index is 624. The molecular weight excluding hydrogens is 264 g/mol. The predicted octanol–water partition coefficient (Wildman–Crippen LogP) is 3.55. The molecular formula is C17H22N2O2. The number of carbonyl (C=O) groups excluding carboxylic acids is 1. The van der Waals surface area contributed by atoms with Gasteiger partial charge >= 0.3 is 0 Å². The maximum absolute atomic E-state index is 12.7. The lowest BCUT2D eigenvalue weighted by Crippen LogP contribution is -2.29. The Morgan fingerprint density at radius 3 is 2.43 bits per heavy atom. The molecule has 0 unspecified atom stereocenters. The fraction of sp³-hybridized carbons (Fsp3) is 0.412. The Hall–Kier alpha value is -2.10. The zero-order valence-corrected chi connectivity index (χ0v) is 13.3. The van der Waals surface area contributed by atoms with Crippen LogP contribution in [0.1, 0.15) is 48.1 Å². The Balaban J connectivity index is 2.26. The van der Waals surface area contributed by atoms with E-state index in [-0.39, 0.29) is 11.3 Å². The highest BCUT2D eigenvalue weighted by Gasteiger charge is 2.30. The molecule has 0 aliphatic heterocycles. The average Bonchev–Trinajstić information content (AvgIpc) is 2.81. The summed E-state index contributed by atoms with van der Waals surface area (Å²) in [5.74, 6) is 0.521. The van der Waals surface area contributed by atoms with Crippen molar-refractivity contribution in [3.8, 4) is 0 Å². The maximum Gasteiger partial charge on any atom is 0.259 e. The molecule has 1 amide bonds. The molecule has 1 heterocycles. The van der Waals surface area contributed by atoms with Crippen molar-refractivity contribution in [2.45, 2.75) is 39.7 Å². The molecule has 0 atom stereocenters. The molecule has 0 radical (unpaired) electrons. The molecule has 1 aromatic carbocycles. The number of aryl methyl sites for hydroxylation is 1. The summed E-state index contributed by atoms with van der Waals surface area (Å²) in [5, 5.41) is 4.08. The van der Waals surface area contributed by atoms with Crippen LogP contribution in [-0.4, -0.2) is 23.0 Å². The van der Waals surface area contributed by atoms with Gasteiger partial charge in [0.15, 0.2) is 0 Å². The summed E-state index contributed by atoms with van der Waals surface area (Å²) < 4.78 is 5.25. The quantitative estimate of drug-likeness (QED) is 0.866. The second-order valence-electron chi connectivity index (χ2n) is 6.36. The third kappa shape index (κ3) is 3.32. The molecule has 0 aliphatic rings. The van der Waals surface area contributed by atoms with Crippen LogP contribution in [0.2, 0.25) is 0 Å². The van der Waals surface area contributed by atoms with Crippen LogP contribution in [0, 0.1) is 6.92 Å². The zero-order valence-electron chi connectivity index (χ0n) is 13.3. The van der Waals surface area contributed by atoms with Crippen LogP contribution >= 0.6 is 0 Å². The van der Waals surface area contributed by atoms with Crippen LogP contribution in [0.15, 0.2) is 34.9 Å². The Morgan fingerprint density at radius 1 is 1.24 bits per heavy atom. The summed E-state index contributed by atoms with van der Waals surface area (Å²) in [6, 6.07) is 9.93. The maximum atomic E-state index is 12.7. The minimum Gasteiger partial charge on any atom is -0.361 e. The van der Waals surface area contributed by atoms with Crippen molar-refractivity contribution in [3.63, 3.8) is 0 Å². The van der Waals surface area contributed by atoms with E-state index < -0.39 is 0 Å². The molecule has 21 heavy (non-hydrogen) atoms. The van der Waals surface area contributed by atoms with E-state index in [0.29, 0.717) is 23.6 Å². The van der Waals surface area contributed by atoms with Crippen LogP contribution in [0.25, 0.3) is 0 Å². The molecule has 0 aliphatic carbocycles. The van der Waals surface area contributed by atoms with Gasteiger partial charge in [-0.15, -0.1) is 0 Å². The summed E-state index contributed by atoms with van der Waals surface area (Å²) in [6.07, 6.45) is 0. The first kappa shape index (κ1) is 15.3. The van der Waals surface area contributed by atoms with Gasteiger partial charge < -0.3 is 9.42 Å². The van der Waals surface area contributed by atoms with Crippen LogP contribution < -0.4 is 0 Å². The number of carbonyl (C=O) groups is 1. The van der Waals surface area contributed by atoms with Gasteiger partial charge in [0.2, 0.25) is 0 Å². The van der Waals surface area contributed by atoms with E-state index in [1.807, 2.05) is 51.1 Å². The van der Waals surface area contributed by atoms with E-state index in [0.717, 1.165) is 5.56 Å². The fourth-order valence-corrected chi connectivity index (χ4v) is 2.26. The number of amides is 1. The average molecular weight is 286 g/mol. The van der Waals surface area contributed by atoms with E-state index in [2.05, 4.69) is 5.16 Å². The standard InChI is InChI=1S/C17H22N2O2/c1-12-14(15(18-21-12)17(2,3)4)16(20)19(5)11-13-9-7-6-8-10-13/h6-10H,11H2,1-5H3. The smallest absolute Gasteiger partial charge is 0.259 e. The summed E-state index contributed by atoms with van der Waals surface area (Å²) >= 11 is 0. The first-order valence-electron chi connectivity index (χ1n) is 7.07. The molecule has 4 nitrogen and oxygen atoms in total. The Labute approximate surface area is 125 Å². The van der Waals surface area contributed by atoms with E-state index >= 15 is 0 Å². The second kappa shape index (κ2) is 5.72. The highest BCUT2D eigenvalue weighted by atomic mass is 16.5. The molecule has 2 rings (SSSR count). The van der Waals surface area contributed by atoms with Gasteiger partial charge in [0.05, 0.1) is 0 Å². The summed E-state index contributed by atoms with van der Waals surface area (Å²) in [5.41, 5.74) is 2.17. The van der Waals surface area contributed by atoms with Gasteiger partial charge in [-0.3, -0.25) is 4.79 Å². The van der Waals surface area contributed by atoms with Crippen molar-refractivity contribution in [2.24, 2.45) is 0 Å². The van der Waals surface area contributed by atoms with Gasteiger partial charge in [0.25, 0.3) is 5.91 Å². The van der Waals surface area contributed by atoms with E-state index in [4.69, 9.17) is 4.52 Å². The lowest BCUT2D eigenvalue weighted by molar-refractivity contribution is 0.0781. The Kier molecular flexibility index (Phi) is 4.16. The van der Waals surface area contributed by atoms with Gasteiger partial charge in [-0.25, -0.2) is 0 Å². The summed E-state index contributed by atoms with van der Waals surface area (Å²) in [4.78, 5) is 14.4. The largest absolute Gasteiger partial charge is 0.361 e. The minimum atomic E-state index is -0.226. The summed E-state index contributed by atoms with van der Waals surface area (Å²) in [7, 11) is 1.80. The van der Waals surface area contributed by atoms with E-state index in [9.17, 15) is 4.79 Å². The molecule has 112 valence electrons. The number of rotatable bonds is 3. The van der Waals surface area contributed by atoms with E-state index in [1.165, 1.54) is 0 Å². The van der Waals surface area contributed by atoms with Gasteiger partial charge in [0, 0.05) is 19.0 Å². The van der Waals surface area contributed by atoms with Crippen LogP contribution in [-0.2, 0) is 12.0 Å². The van der Waals surface area contributed by atoms with Gasteiger partial charge in [0.1, 0.15) is 17.0 Å². The predicted molar refractivity (Wildman–Crippen MR) is 82.2 cm³/mol. The van der Waals surface area contributed by atoms with Crippen LogP contribution in [0.5, 0.6) is 0 Å². The van der Waals surface area contributed by atoms with Gasteiger partial charge in [-0.1, -0.05) is 56.3 Å². The molecule has 0 bridgehead atoms. The molecule has 0 spiro atoms. The van der Waals surface area contributed by atoms with Crippen LogP contribution in [0.3, 0.4) is 0 Å². The number of hydrogen-bond donors (Lipinski definition) is 0. The van der Waals surface area contributed by atoms with Gasteiger partial charge in [-0.05, 0) is 12.5 Å². The van der Waals surface area contributed by atoms with Crippen molar-refractivity contribution in [1.82, 2.24) is 10.1 Å². The summed E-state index contributed by atoms with van der Waals surface area (Å²) in [6.45, 7) is 8.43. The molecule has 0 fully saturated rings. The van der Waals surface area contributed by atoms with Crippen molar-refractivity contribution in [1.29, 1.82) is 0 Å². The van der Waals surface area contributed by atoms with E-state index in [1.54, 1.807) is 18.9 Å². The lowest BCUT2D eigenvalue weighted by Gasteiger charge is -2.21. The molecule has 0 saturated carbocycles. The van der Waals surface area contributed by atoms with Crippen molar-refractivity contribution >= 4 is 5.91 Å². The first-order chi connectivity index (χ1) is 9.80. The normalized spacial score (nSPS) is 11.5. The zero-order chi connectivity index (χ0) is 15.6. The number of nitrogens with zero attached hydrogens (tertiary/aromatic N) is 2. The molecule has 0 saturated heterocycles. The van der Waals surface area contributed by atoms with Crippen molar-refractivity contribution in [3.05, 3.63) is 52.9 Å². The topological polar surface area (TPSA) is 46.3 Å². The molecule has 4 heteroatoms. The highest BCUT2D eigenvalue weighted by Crippen LogP contribution is 2.28.